The average Bonchev–Trinajstić information content (AvgIpc) is 2.91. The van der Waals surface area contributed by atoms with Crippen LogP contribution in [-0.4, -0.2) is 46.1 Å². The van der Waals surface area contributed by atoms with Gasteiger partial charge in [0.1, 0.15) is 12.2 Å². The van der Waals surface area contributed by atoms with Crippen molar-refractivity contribution in [3.63, 3.8) is 0 Å². The second kappa shape index (κ2) is 5.48. The van der Waals surface area contributed by atoms with E-state index in [1.54, 1.807) is 4.90 Å². The summed E-state index contributed by atoms with van der Waals surface area (Å²) in [5.41, 5.74) is -0.194. The van der Waals surface area contributed by atoms with Crippen molar-refractivity contribution in [2.45, 2.75) is 32.7 Å². The number of amides is 1. The highest BCUT2D eigenvalue weighted by atomic mass is 16.2. The molecule has 1 fully saturated rings. The average molecular weight is 251 g/mol. The van der Waals surface area contributed by atoms with Gasteiger partial charge in [-0.05, 0) is 32.4 Å². The molecule has 0 spiro atoms. The molecule has 18 heavy (non-hydrogen) atoms. The van der Waals surface area contributed by atoms with Gasteiger partial charge in [-0.1, -0.05) is 6.92 Å². The van der Waals surface area contributed by atoms with Gasteiger partial charge in [0.2, 0.25) is 5.91 Å². The predicted molar refractivity (Wildman–Crippen MR) is 67.7 cm³/mol. The molecule has 1 aliphatic heterocycles. The summed E-state index contributed by atoms with van der Waals surface area (Å²) < 4.78 is 0. The third kappa shape index (κ3) is 2.53. The van der Waals surface area contributed by atoms with Crippen LogP contribution < -0.4 is 5.32 Å². The molecule has 0 unspecified atom stereocenters. The third-order valence-electron chi connectivity index (χ3n) is 3.89. The molecule has 6 heteroatoms. The molecule has 0 aliphatic carbocycles. The number of rotatable bonds is 4. The number of hydrogen-bond acceptors (Lipinski definition) is 4. The SMILES string of the molecule is CCC1(C(=O)N(C)Cc2ncn[nH]2)CCNCC1. The first-order valence-corrected chi connectivity index (χ1v) is 6.48. The van der Waals surface area contributed by atoms with Crippen molar-refractivity contribution >= 4 is 5.91 Å². The Morgan fingerprint density at radius 3 is 2.78 bits per heavy atom. The zero-order valence-electron chi connectivity index (χ0n) is 11.1. The topological polar surface area (TPSA) is 73.9 Å². The Kier molecular flexibility index (Phi) is 3.96. The van der Waals surface area contributed by atoms with Crippen LogP contribution in [0.5, 0.6) is 0 Å². The summed E-state index contributed by atoms with van der Waals surface area (Å²) in [6.45, 7) is 4.45. The standard InChI is InChI=1S/C12H21N5O/c1-3-12(4-6-13-7-5-12)11(18)17(2)8-10-14-9-15-16-10/h9,13H,3-8H2,1-2H3,(H,14,15,16). The molecule has 1 amide bonds. The number of H-pyrrole nitrogens is 1. The van der Waals surface area contributed by atoms with E-state index < -0.39 is 0 Å². The number of piperidine rings is 1. The van der Waals surface area contributed by atoms with Crippen LogP contribution in [-0.2, 0) is 11.3 Å². The van der Waals surface area contributed by atoms with Crippen molar-refractivity contribution in [1.82, 2.24) is 25.4 Å². The van der Waals surface area contributed by atoms with Crippen LogP contribution in [0.15, 0.2) is 6.33 Å². The van der Waals surface area contributed by atoms with Crippen LogP contribution in [0.3, 0.4) is 0 Å². The smallest absolute Gasteiger partial charge is 0.229 e. The quantitative estimate of drug-likeness (QED) is 0.819. The van der Waals surface area contributed by atoms with E-state index in [2.05, 4.69) is 27.4 Å². The van der Waals surface area contributed by atoms with Gasteiger partial charge in [0.05, 0.1) is 12.0 Å². The van der Waals surface area contributed by atoms with Crippen molar-refractivity contribution in [3.8, 4) is 0 Å². The van der Waals surface area contributed by atoms with E-state index in [0.29, 0.717) is 6.54 Å². The molecular formula is C12H21N5O. The van der Waals surface area contributed by atoms with Crippen LogP contribution in [0.4, 0.5) is 0 Å². The number of aromatic amines is 1. The molecule has 2 N–H and O–H groups in total. The van der Waals surface area contributed by atoms with Crippen molar-refractivity contribution in [1.29, 1.82) is 0 Å². The maximum absolute atomic E-state index is 12.6. The molecule has 0 bridgehead atoms. The normalized spacial score (nSPS) is 18.6. The first kappa shape index (κ1) is 13.0. The fraction of sp³-hybridized carbons (Fsp3) is 0.750. The van der Waals surface area contributed by atoms with Gasteiger partial charge >= 0.3 is 0 Å². The second-order valence-corrected chi connectivity index (χ2v) is 4.98. The highest BCUT2D eigenvalue weighted by molar-refractivity contribution is 5.82. The van der Waals surface area contributed by atoms with Crippen molar-refractivity contribution < 1.29 is 4.79 Å². The van der Waals surface area contributed by atoms with Crippen molar-refractivity contribution in [3.05, 3.63) is 12.2 Å². The molecule has 100 valence electrons. The lowest BCUT2D eigenvalue weighted by Gasteiger charge is -2.38. The van der Waals surface area contributed by atoms with Crippen LogP contribution in [0.1, 0.15) is 32.0 Å². The van der Waals surface area contributed by atoms with E-state index in [0.717, 1.165) is 38.2 Å². The number of aromatic nitrogens is 3. The molecule has 6 nitrogen and oxygen atoms in total. The van der Waals surface area contributed by atoms with E-state index in [1.807, 2.05) is 7.05 Å². The number of carbonyl (C=O) groups is 1. The molecule has 0 aromatic carbocycles. The van der Waals surface area contributed by atoms with Crippen LogP contribution in [0.2, 0.25) is 0 Å². The third-order valence-corrected chi connectivity index (χ3v) is 3.89. The van der Waals surface area contributed by atoms with Crippen LogP contribution in [0.25, 0.3) is 0 Å². The van der Waals surface area contributed by atoms with E-state index in [-0.39, 0.29) is 11.3 Å². The number of nitrogens with one attached hydrogen (secondary N) is 2. The largest absolute Gasteiger partial charge is 0.338 e. The highest BCUT2D eigenvalue weighted by Crippen LogP contribution is 2.34. The molecule has 2 rings (SSSR count). The zero-order valence-corrected chi connectivity index (χ0v) is 11.1. The van der Waals surface area contributed by atoms with Gasteiger partial charge in [-0.3, -0.25) is 9.89 Å². The number of carbonyl (C=O) groups excluding carboxylic acids is 1. The van der Waals surface area contributed by atoms with Crippen molar-refractivity contribution in [2.24, 2.45) is 5.41 Å². The Bertz CT molecular complexity index is 383. The minimum absolute atomic E-state index is 0.194. The Morgan fingerprint density at radius 2 is 2.22 bits per heavy atom. The summed E-state index contributed by atoms with van der Waals surface area (Å²) >= 11 is 0. The second-order valence-electron chi connectivity index (χ2n) is 4.98. The summed E-state index contributed by atoms with van der Waals surface area (Å²) in [6, 6.07) is 0. The van der Waals surface area contributed by atoms with E-state index in [9.17, 15) is 4.79 Å². The van der Waals surface area contributed by atoms with Gasteiger partial charge in [-0.2, -0.15) is 5.10 Å². The molecule has 1 aromatic rings. The minimum atomic E-state index is -0.194. The summed E-state index contributed by atoms with van der Waals surface area (Å²) in [4.78, 5) is 18.4. The van der Waals surface area contributed by atoms with E-state index in [4.69, 9.17) is 0 Å². The van der Waals surface area contributed by atoms with Gasteiger partial charge in [0, 0.05) is 7.05 Å². The highest BCUT2D eigenvalue weighted by Gasteiger charge is 2.39. The maximum Gasteiger partial charge on any atom is 0.229 e. The fourth-order valence-corrected chi connectivity index (χ4v) is 2.63. The van der Waals surface area contributed by atoms with Crippen LogP contribution in [0, 0.1) is 5.41 Å². The molecular weight excluding hydrogens is 230 g/mol. The first-order chi connectivity index (χ1) is 8.68. The summed E-state index contributed by atoms with van der Waals surface area (Å²) in [5, 5.41) is 9.90. The first-order valence-electron chi connectivity index (χ1n) is 6.48. The lowest BCUT2D eigenvalue weighted by atomic mass is 9.75. The van der Waals surface area contributed by atoms with Gasteiger partial charge in [0.15, 0.2) is 0 Å². The monoisotopic (exact) mass is 251 g/mol. The van der Waals surface area contributed by atoms with E-state index >= 15 is 0 Å². The fourth-order valence-electron chi connectivity index (χ4n) is 2.63. The van der Waals surface area contributed by atoms with Crippen molar-refractivity contribution in [2.75, 3.05) is 20.1 Å². The van der Waals surface area contributed by atoms with Gasteiger partial charge < -0.3 is 10.2 Å². The molecule has 1 aliphatic rings. The van der Waals surface area contributed by atoms with Gasteiger partial charge in [-0.15, -0.1) is 0 Å². The van der Waals surface area contributed by atoms with Gasteiger partial charge in [-0.25, -0.2) is 4.98 Å². The van der Waals surface area contributed by atoms with Crippen LogP contribution >= 0.6 is 0 Å². The lowest BCUT2D eigenvalue weighted by molar-refractivity contribution is -0.143. The lowest BCUT2D eigenvalue weighted by Crippen LogP contribution is -2.47. The molecule has 1 saturated heterocycles. The molecule has 0 saturated carbocycles. The molecule has 1 aromatic heterocycles. The Morgan fingerprint density at radius 1 is 1.50 bits per heavy atom. The molecule has 0 radical (unpaired) electrons. The number of nitrogens with zero attached hydrogens (tertiary/aromatic N) is 3. The predicted octanol–water partition coefficient (Wildman–Crippen LogP) is 0.543. The maximum atomic E-state index is 12.6. The van der Waals surface area contributed by atoms with E-state index in [1.165, 1.54) is 6.33 Å². The minimum Gasteiger partial charge on any atom is -0.338 e. The summed E-state index contributed by atoms with van der Waals surface area (Å²) in [5.74, 6) is 0.953. The Balaban J connectivity index is 2.04. The van der Waals surface area contributed by atoms with Gasteiger partial charge in [0.25, 0.3) is 0 Å². The Hall–Kier alpha value is -1.43. The summed E-state index contributed by atoms with van der Waals surface area (Å²) in [7, 11) is 1.84. The number of hydrogen-bond donors (Lipinski definition) is 2. The Labute approximate surface area is 107 Å². The zero-order chi connectivity index (χ0) is 13.0. The molecule has 2 heterocycles. The summed E-state index contributed by atoms with van der Waals surface area (Å²) in [6.07, 6.45) is 4.20. The molecule has 0 atom stereocenters.